The Morgan fingerprint density at radius 3 is 2.80 bits per heavy atom. The Balaban J connectivity index is 1.74. The van der Waals surface area contributed by atoms with E-state index in [0.29, 0.717) is 24.7 Å². The third-order valence-electron chi connectivity index (χ3n) is 3.76. The number of amides is 1. The molecule has 1 saturated heterocycles. The third-order valence-corrected chi connectivity index (χ3v) is 3.76. The molecule has 0 radical (unpaired) electrons. The lowest BCUT2D eigenvalue weighted by Gasteiger charge is -2.31. The molecule has 0 bridgehead atoms. The molecular weight excluding hydrogens is 258 g/mol. The number of aliphatic hydroxyl groups is 1. The van der Waals surface area contributed by atoms with Crippen LogP contribution in [-0.4, -0.2) is 45.8 Å². The van der Waals surface area contributed by atoms with Gasteiger partial charge in [0.1, 0.15) is 0 Å². The Bertz CT molecular complexity index is 425. The summed E-state index contributed by atoms with van der Waals surface area (Å²) in [6, 6.07) is 0. The van der Waals surface area contributed by atoms with Crippen molar-refractivity contribution in [2.45, 2.75) is 45.4 Å². The average Bonchev–Trinajstić information content (AvgIpc) is 2.93. The van der Waals surface area contributed by atoms with E-state index in [1.165, 1.54) is 0 Å². The summed E-state index contributed by atoms with van der Waals surface area (Å²) < 4.78 is 5.12. The zero-order chi connectivity index (χ0) is 14.4. The highest BCUT2D eigenvalue weighted by Gasteiger charge is 2.22. The number of piperidine rings is 1. The van der Waals surface area contributed by atoms with Gasteiger partial charge in [-0.3, -0.25) is 4.79 Å². The van der Waals surface area contributed by atoms with Crippen LogP contribution < -0.4 is 0 Å². The van der Waals surface area contributed by atoms with E-state index in [1.54, 1.807) is 0 Å². The molecule has 0 saturated carbocycles. The predicted molar refractivity (Wildman–Crippen MR) is 73.0 cm³/mol. The Morgan fingerprint density at radius 2 is 2.15 bits per heavy atom. The quantitative estimate of drug-likeness (QED) is 0.847. The maximum atomic E-state index is 12.1. The lowest BCUT2D eigenvalue weighted by atomic mass is 9.97. The van der Waals surface area contributed by atoms with Crippen molar-refractivity contribution < 1.29 is 14.4 Å². The zero-order valence-electron chi connectivity index (χ0n) is 12.0. The van der Waals surface area contributed by atoms with Gasteiger partial charge in [-0.25, -0.2) is 0 Å². The lowest BCUT2D eigenvalue weighted by molar-refractivity contribution is -0.132. The number of hydrogen-bond donors (Lipinski definition) is 1. The first kappa shape index (κ1) is 15.0. The fourth-order valence-corrected chi connectivity index (χ4v) is 2.45. The van der Waals surface area contributed by atoms with Crippen molar-refractivity contribution in [2.75, 3.05) is 19.7 Å². The molecule has 1 fully saturated rings. The summed E-state index contributed by atoms with van der Waals surface area (Å²) in [5, 5.41) is 13.0. The van der Waals surface area contributed by atoms with Crippen LogP contribution >= 0.6 is 0 Å². The minimum absolute atomic E-state index is 0.136. The summed E-state index contributed by atoms with van der Waals surface area (Å²) in [6.07, 6.45) is 4.50. The molecule has 2 heterocycles. The van der Waals surface area contributed by atoms with E-state index in [0.717, 1.165) is 44.6 Å². The minimum Gasteiger partial charge on any atom is -0.396 e. The maximum Gasteiger partial charge on any atom is 0.227 e. The molecule has 6 nitrogen and oxygen atoms in total. The van der Waals surface area contributed by atoms with Gasteiger partial charge >= 0.3 is 0 Å². The molecule has 2 rings (SSSR count). The molecule has 0 unspecified atom stereocenters. The van der Waals surface area contributed by atoms with E-state index in [4.69, 9.17) is 9.63 Å². The SMILES string of the molecule is CCCc1noc(CCC(=O)N2CCC(CO)CC2)n1. The summed E-state index contributed by atoms with van der Waals surface area (Å²) in [5.41, 5.74) is 0. The van der Waals surface area contributed by atoms with E-state index >= 15 is 0 Å². The van der Waals surface area contributed by atoms with E-state index in [-0.39, 0.29) is 12.5 Å². The summed E-state index contributed by atoms with van der Waals surface area (Å²) in [7, 11) is 0. The van der Waals surface area contributed by atoms with Gasteiger partial charge in [0.15, 0.2) is 5.82 Å². The highest BCUT2D eigenvalue weighted by molar-refractivity contribution is 5.76. The number of carbonyl (C=O) groups is 1. The van der Waals surface area contributed by atoms with Crippen LogP contribution in [-0.2, 0) is 17.6 Å². The number of carbonyl (C=O) groups excluding carboxylic acids is 1. The molecule has 1 aromatic rings. The van der Waals surface area contributed by atoms with Crippen LogP contribution in [0, 0.1) is 5.92 Å². The van der Waals surface area contributed by atoms with Crippen LogP contribution in [0.2, 0.25) is 0 Å². The van der Waals surface area contributed by atoms with Gasteiger partial charge < -0.3 is 14.5 Å². The molecule has 1 aliphatic rings. The summed E-state index contributed by atoms with van der Waals surface area (Å²) in [6.45, 7) is 3.78. The Labute approximate surface area is 119 Å². The molecular formula is C14H23N3O3. The first-order valence-corrected chi connectivity index (χ1v) is 7.43. The molecule has 1 amide bonds. The number of hydrogen-bond acceptors (Lipinski definition) is 5. The van der Waals surface area contributed by atoms with Crippen molar-refractivity contribution in [3.63, 3.8) is 0 Å². The minimum atomic E-state index is 0.136. The van der Waals surface area contributed by atoms with Gasteiger partial charge in [-0.15, -0.1) is 0 Å². The van der Waals surface area contributed by atoms with E-state index in [1.807, 2.05) is 4.90 Å². The number of nitrogens with zero attached hydrogens (tertiary/aromatic N) is 3. The van der Waals surface area contributed by atoms with E-state index in [2.05, 4.69) is 17.1 Å². The van der Waals surface area contributed by atoms with Gasteiger partial charge in [0, 0.05) is 39.0 Å². The Hall–Kier alpha value is -1.43. The Morgan fingerprint density at radius 1 is 1.40 bits per heavy atom. The van der Waals surface area contributed by atoms with Crippen LogP contribution in [0.3, 0.4) is 0 Å². The lowest BCUT2D eigenvalue weighted by Crippen LogP contribution is -2.39. The average molecular weight is 281 g/mol. The molecule has 1 aromatic heterocycles. The summed E-state index contributed by atoms with van der Waals surface area (Å²) in [4.78, 5) is 18.2. The standard InChI is InChI=1S/C14H23N3O3/c1-2-3-12-15-13(20-16-12)4-5-14(19)17-8-6-11(10-18)7-9-17/h11,18H,2-10H2,1H3. The maximum absolute atomic E-state index is 12.1. The molecule has 0 atom stereocenters. The first-order chi connectivity index (χ1) is 9.72. The van der Waals surface area contributed by atoms with E-state index in [9.17, 15) is 4.79 Å². The van der Waals surface area contributed by atoms with Crippen molar-refractivity contribution >= 4 is 5.91 Å². The van der Waals surface area contributed by atoms with Gasteiger partial charge in [-0.05, 0) is 25.2 Å². The molecule has 0 aliphatic carbocycles. The largest absolute Gasteiger partial charge is 0.396 e. The van der Waals surface area contributed by atoms with Gasteiger partial charge in [0.05, 0.1) is 0 Å². The fourth-order valence-electron chi connectivity index (χ4n) is 2.45. The second-order valence-corrected chi connectivity index (χ2v) is 5.36. The normalized spacial score (nSPS) is 16.6. The van der Waals surface area contributed by atoms with Crippen LogP contribution in [0.4, 0.5) is 0 Å². The number of aromatic nitrogens is 2. The van der Waals surface area contributed by atoms with Gasteiger partial charge in [-0.2, -0.15) is 4.98 Å². The van der Waals surface area contributed by atoms with Crippen LogP contribution in [0.1, 0.15) is 44.3 Å². The van der Waals surface area contributed by atoms with Crippen molar-refractivity contribution in [3.8, 4) is 0 Å². The first-order valence-electron chi connectivity index (χ1n) is 7.43. The van der Waals surface area contributed by atoms with Crippen LogP contribution in [0.5, 0.6) is 0 Å². The predicted octanol–water partition coefficient (Wildman–Crippen LogP) is 1.19. The zero-order valence-corrected chi connectivity index (χ0v) is 12.0. The fraction of sp³-hybridized carbons (Fsp3) is 0.786. The number of likely N-dealkylation sites (tertiary alicyclic amines) is 1. The molecule has 1 N–H and O–H groups in total. The van der Waals surface area contributed by atoms with Crippen molar-refractivity contribution in [1.82, 2.24) is 15.0 Å². The number of rotatable bonds is 6. The highest BCUT2D eigenvalue weighted by atomic mass is 16.5. The van der Waals surface area contributed by atoms with Gasteiger partial charge in [-0.1, -0.05) is 12.1 Å². The van der Waals surface area contributed by atoms with Crippen LogP contribution in [0.25, 0.3) is 0 Å². The van der Waals surface area contributed by atoms with Crippen molar-refractivity contribution in [2.24, 2.45) is 5.92 Å². The third kappa shape index (κ3) is 4.03. The second kappa shape index (κ2) is 7.38. The number of aliphatic hydroxyl groups excluding tert-OH is 1. The molecule has 0 spiro atoms. The topological polar surface area (TPSA) is 79.5 Å². The molecule has 112 valence electrons. The molecule has 1 aliphatic heterocycles. The van der Waals surface area contributed by atoms with Crippen LogP contribution in [0.15, 0.2) is 4.52 Å². The van der Waals surface area contributed by atoms with E-state index < -0.39 is 0 Å². The van der Waals surface area contributed by atoms with Gasteiger partial charge in [0.2, 0.25) is 11.8 Å². The van der Waals surface area contributed by atoms with Crippen molar-refractivity contribution in [3.05, 3.63) is 11.7 Å². The number of aryl methyl sites for hydroxylation is 2. The second-order valence-electron chi connectivity index (χ2n) is 5.36. The molecule has 0 aromatic carbocycles. The Kier molecular flexibility index (Phi) is 5.52. The summed E-state index contributed by atoms with van der Waals surface area (Å²) >= 11 is 0. The van der Waals surface area contributed by atoms with Gasteiger partial charge in [0.25, 0.3) is 0 Å². The summed E-state index contributed by atoms with van der Waals surface area (Å²) in [5.74, 6) is 1.76. The van der Waals surface area contributed by atoms with Crippen molar-refractivity contribution in [1.29, 1.82) is 0 Å². The molecule has 20 heavy (non-hydrogen) atoms. The highest BCUT2D eigenvalue weighted by Crippen LogP contribution is 2.17. The smallest absolute Gasteiger partial charge is 0.227 e. The molecule has 6 heteroatoms. The monoisotopic (exact) mass is 281 g/mol.